The lowest BCUT2D eigenvalue weighted by atomic mass is 10.1. The molecule has 1 saturated heterocycles. The van der Waals surface area contributed by atoms with E-state index in [9.17, 15) is 24.3 Å². The van der Waals surface area contributed by atoms with Crippen LogP contribution in [0.3, 0.4) is 0 Å². The molecular weight excluding hydrogens is 404 g/mol. The molecule has 0 unspecified atom stereocenters. The summed E-state index contributed by atoms with van der Waals surface area (Å²) in [6, 6.07) is 0. The SMILES string of the molecule is CNC(=O)C(=O)NCCCCC=CCCCCCCCOCC(O)=C1C(=O)COC1=O. The van der Waals surface area contributed by atoms with E-state index in [0.29, 0.717) is 13.2 Å². The zero-order valence-electron chi connectivity index (χ0n) is 18.2. The molecule has 1 heterocycles. The van der Waals surface area contributed by atoms with Crippen LogP contribution in [-0.2, 0) is 28.7 Å². The summed E-state index contributed by atoms with van der Waals surface area (Å²) in [5.74, 6) is -2.85. The summed E-state index contributed by atoms with van der Waals surface area (Å²) in [6.45, 7) is 0.504. The number of Topliss-reactive ketones (excluding diaryl/α,β-unsaturated/α-hetero) is 1. The molecule has 9 nitrogen and oxygen atoms in total. The molecule has 1 aliphatic rings. The van der Waals surface area contributed by atoms with Crippen molar-refractivity contribution in [1.29, 1.82) is 0 Å². The molecule has 0 aromatic heterocycles. The van der Waals surface area contributed by atoms with Crippen LogP contribution in [0.15, 0.2) is 23.5 Å². The van der Waals surface area contributed by atoms with Crippen molar-refractivity contribution in [3.63, 3.8) is 0 Å². The Kier molecular flexibility index (Phi) is 13.7. The number of allylic oxidation sites excluding steroid dienone is 2. The second-order valence-corrected chi connectivity index (χ2v) is 7.23. The summed E-state index contributed by atoms with van der Waals surface area (Å²) >= 11 is 0. The van der Waals surface area contributed by atoms with Gasteiger partial charge < -0.3 is 25.2 Å². The third kappa shape index (κ3) is 11.3. The van der Waals surface area contributed by atoms with Gasteiger partial charge in [0.05, 0.1) is 0 Å². The van der Waals surface area contributed by atoms with E-state index in [1.807, 2.05) is 0 Å². The van der Waals surface area contributed by atoms with E-state index in [2.05, 4.69) is 27.5 Å². The number of aliphatic hydroxyl groups is 1. The van der Waals surface area contributed by atoms with Gasteiger partial charge in [-0.2, -0.15) is 0 Å². The molecule has 0 aromatic rings. The lowest BCUT2D eigenvalue weighted by Crippen LogP contribution is -2.38. The molecule has 174 valence electrons. The van der Waals surface area contributed by atoms with Gasteiger partial charge in [-0.1, -0.05) is 31.4 Å². The predicted molar refractivity (Wildman–Crippen MR) is 114 cm³/mol. The number of ether oxygens (including phenoxy) is 2. The van der Waals surface area contributed by atoms with E-state index in [0.717, 1.165) is 57.8 Å². The summed E-state index contributed by atoms with van der Waals surface area (Å²) < 4.78 is 9.87. The van der Waals surface area contributed by atoms with Crippen LogP contribution in [0.5, 0.6) is 0 Å². The number of rotatable bonds is 15. The van der Waals surface area contributed by atoms with Crippen molar-refractivity contribution in [1.82, 2.24) is 10.6 Å². The van der Waals surface area contributed by atoms with Gasteiger partial charge >= 0.3 is 17.8 Å². The number of unbranched alkanes of at least 4 members (excludes halogenated alkanes) is 7. The van der Waals surface area contributed by atoms with Gasteiger partial charge in [-0.25, -0.2) is 4.79 Å². The number of amides is 2. The molecule has 0 bridgehead atoms. The molecule has 0 radical (unpaired) electrons. The maximum atomic E-state index is 11.4. The zero-order chi connectivity index (χ0) is 22.9. The van der Waals surface area contributed by atoms with Crippen molar-refractivity contribution >= 4 is 23.6 Å². The molecule has 0 aliphatic carbocycles. The fraction of sp³-hybridized carbons (Fsp3) is 0.636. The quantitative estimate of drug-likeness (QED) is 0.0676. The molecule has 2 amide bonds. The van der Waals surface area contributed by atoms with E-state index in [1.165, 1.54) is 7.05 Å². The maximum absolute atomic E-state index is 11.4. The lowest BCUT2D eigenvalue weighted by Gasteiger charge is -2.05. The topological polar surface area (TPSA) is 131 Å². The highest BCUT2D eigenvalue weighted by Gasteiger charge is 2.31. The average Bonchev–Trinajstić information content (AvgIpc) is 3.10. The van der Waals surface area contributed by atoms with Crippen LogP contribution >= 0.6 is 0 Å². The number of esters is 1. The monoisotopic (exact) mass is 438 g/mol. The third-order valence-electron chi connectivity index (χ3n) is 4.69. The van der Waals surface area contributed by atoms with Gasteiger partial charge in [0.1, 0.15) is 17.9 Å². The molecule has 1 aliphatic heterocycles. The van der Waals surface area contributed by atoms with Gasteiger partial charge in [-0.15, -0.1) is 0 Å². The molecule has 3 N–H and O–H groups in total. The van der Waals surface area contributed by atoms with Gasteiger partial charge in [0.25, 0.3) is 0 Å². The fourth-order valence-corrected chi connectivity index (χ4v) is 2.92. The minimum atomic E-state index is -0.786. The normalized spacial score (nSPS) is 15.3. The van der Waals surface area contributed by atoms with Gasteiger partial charge in [0.15, 0.2) is 6.61 Å². The Labute approximate surface area is 183 Å². The highest BCUT2D eigenvalue weighted by atomic mass is 16.5. The predicted octanol–water partition coefficient (Wildman–Crippen LogP) is 1.87. The minimum Gasteiger partial charge on any atom is -0.509 e. The number of likely N-dealkylation sites (N-methyl/N-ethyl adjacent to an activating group) is 1. The van der Waals surface area contributed by atoms with Crippen molar-refractivity contribution in [3.05, 3.63) is 23.5 Å². The Morgan fingerprint density at radius 2 is 1.65 bits per heavy atom. The number of aliphatic hydroxyl groups excluding tert-OH is 1. The highest BCUT2D eigenvalue weighted by Crippen LogP contribution is 2.14. The molecule has 1 fully saturated rings. The molecule has 31 heavy (non-hydrogen) atoms. The number of nitrogens with one attached hydrogen (secondary N) is 2. The van der Waals surface area contributed by atoms with Crippen LogP contribution in [0.1, 0.15) is 57.8 Å². The maximum Gasteiger partial charge on any atom is 0.345 e. The molecule has 0 spiro atoms. The molecule has 0 aromatic carbocycles. The summed E-state index contributed by atoms with van der Waals surface area (Å²) in [5.41, 5.74) is -0.291. The van der Waals surface area contributed by atoms with Gasteiger partial charge in [-0.05, 0) is 38.5 Å². The number of cyclic esters (lactones) is 1. The number of carbonyl (C=O) groups excluding carboxylic acids is 4. The molecule has 1 rings (SSSR count). The van der Waals surface area contributed by atoms with E-state index >= 15 is 0 Å². The zero-order valence-corrected chi connectivity index (χ0v) is 18.2. The van der Waals surface area contributed by atoms with Crippen LogP contribution in [0.25, 0.3) is 0 Å². The summed E-state index contributed by atoms with van der Waals surface area (Å²) in [6.07, 6.45) is 13.4. The van der Waals surface area contributed by atoms with Crippen molar-refractivity contribution < 1.29 is 33.8 Å². The number of hydrogen-bond acceptors (Lipinski definition) is 7. The largest absolute Gasteiger partial charge is 0.509 e. The van der Waals surface area contributed by atoms with Crippen molar-refractivity contribution in [3.8, 4) is 0 Å². The first-order valence-electron chi connectivity index (χ1n) is 10.8. The molecule has 0 atom stereocenters. The highest BCUT2D eigenvalue weighted by molar-refractivity contribution is 6.35. The summed E-state index contributed by atoms with van der Waals surface area (Å²) in [5, 5.41) is 14.6. The smallest absolute Gasteiger partial charge is 0.345 e. The molecule has 0 saturated carbocycles. The van der Waals surface area contributed by atoms with E-state index in [1.54, 1.807) is 0 Å². The van der Waals surface area contributed by atoms with E-state index < -0.39 is 23.6 Å². The van der Waals surface area contributed by atoms with Gasteiger partial charge in [-0.3, -0.25) is 14.4 Å². The fourth-order valence-electron chi connectivity index (χ4n) is 2.92. The number of hydrogen-bond donors (Lipinski definition) is 3. The Bertz CT molecular complexity index is 653. The van der Waals surface area contributed by atoms with E-state index in [-0.39, 0.29) is 24.5 Å². The van der Waals surface area contributed by atoms with Crippen LogP contribution in [-0.4, -0.2) is 62.1 Å². The lowest BCUT2D eigenvalue weighted by molar-refractivity contribution is -0.138. The minimum absolute atomic E-state index is 0.151. The van der Waals surface area contributed by atoms with Gasteiger partial charge in [0.2, 0.25) is 5.78 Å². The Morgan fingerprint density at radius 1 is 1.00 bits per heavy atom. The summed E-state index contributed by atoms with van der Waals surface area (Å²) in [4.78, 5) is 44.9. The standard InChI is InChI=1S/C22H34N2O7/c1-23-20(27)21(28)24-13-11-9-7-5-3-2-4-6-8-10-12-14-30-15-17(25)19-18(26)16-31-22(19)29/h3,5,25H,2,4,6-16H2,1H3,(H,23,27)(H,24,28). The van der Waals surface area contributed by atoms with Crippen molar-refractivity contribution in [2.75, 3.05) is 33.4 Å². The van der Waals surface area contributed by atoms with Crippen LogP contribution in [0.2, 0.25) is 0 Å². The Hall–Kier alpha value is -2.68. The second kappa shape index (κ2) is 16.1. The van der Waals surface area contributed by atoms with Gasteiger partial charge in [0, 0.05) is 20.2 Å². The Morgan fingerprint density at radius 3 is 2.29 bits per heavy atom. The van der Waals surface area contributed by atoms with E-state index in [4.69, 9.17) is 4.74 Å². The Balaban J connectivity index is 1.89. The van der Waals surface area contributed by atoms with Crippen molar-refractivity contribution in [2.24, 2.45) is 0 Å². The van der Waals surface area contributed by atoms with Crippen LogP contribution in [0, 0.1) is 0 Å². The number of carbonyl (C=O) groups is 4. The average molecular weight is 439 g/mol. The van der Waals surface area contributed by atoms with Crippen LogP contribution < -0.4 is 10.6 Å². The third-order valence-corrected chi connectivity index (χ3v) is 4.69. The number of ketones is 1. The summed E-state index contributed by atoms with van der Waals surface area (Å²) in [7, 11) is 1.43. The second-order valence-electron chi connectivity index (χ2n) is 7.23. The van der Waals surface area contributed by atoms with Crippen LogP contribution in [0.4, 0.5) is 0 Å². The van der Waals surface area contributed by atoms with Crippen molar-refractivity contribution in [2.45, 2.75) is 57.8 Å². The molecular formula is C22H34N2O7. The first-order chi connectivity index (χ1) is 15.0. The first kappa shape index (κ1) is 26.4. The molecule has 9 heteroatoms. The first-order valence-corrected chi connectivity index (χ1v) is 10.8.